The summed E-state index contributed by atoms with van der Waals surface area (Å²) >= 11 is 3.05. The number of hydrogen-bond donors (Lipinski definition) is 1. The molecule has 1 aliphatic rings. The molecule has 0 aliphatic carbocycles. The third-order valence-electron chi connectivity index (χ3n) is 4.67. The Kier molecular flexibility index (Phi) is 6.00. The van der Waals surface area contributed by atoms with Crippen molar-refractivity contribution < 1.29 is 9.59 Å². The number of carbonyl (C=O) groups excluding carboxylic acids is 2. The minimum absolute atomic E-state index is 0.00805. The monoisotopic (exact) mass is 393 g/mol. The summed E-state index contributed by atoms with van der Waals surface area (Å²) in [6.07, 6.45) is 4.36. The molecule has 2 aromatic rings. The number of hydrogen-bond acceptors (Lipinski definition) is 7. The molecule has 1 N–H and O–H groups in total. The second kappa shape index (κ2) is 8.24. The highest BCUT2D eigenvalue weighted by atomic mass is 32.1. The molecule has 0 spiro atoms. The zero-order valence-electron chi connectivity index (χ0n) is 15.0. The minimum atomic E-state index is -0.680. The number of carbonyl (C=O) groups is 2. The molecule has 26 heavy (non-hydrogen) atoms. The fourth-order valence-corrected chi connectivity index (χ4v) is 4.55. The third kappa shape index (κ3) is 4.28. The molecule has 3 heterocycles. The van der Waals surface area contributed by atoms with E-state index < -0.39 is 5.41 Å². The molecule has 0 saturated carbocycles. The van der Waals surface area contributed by atoms with E-state index in [1.165, 1.54) is 22.7 Å². The second-order valence-corrected chi connectivity index (χ2v) is 8.60. The van der Waals surface area contributed by atoms with Gasteiger partial charge in [-0.05, 0) is 13.0 Å². The Balaban J connectivity index is 1.66. The Morgan fingerprint density at radius 2 is 1.73 bits per heavy atom. The van der Waals surface area contributed by atoms with E-state index in [2.05, 4.69) is 15.3 Å². The number of thiazole rings is 2. The number of aromatic nitrogens is 2. The van der Waals surface area contributed by atoms with Crippen LogP contribution in [-0.2, 0) is 22.7 Å². The first-order valence-electron chi connectivity index (χ1n) is 8.47. The van der Waals surface area contributed by atoms with E-state index >= 15 is 0 Å². The predicted octanol–water partition coefficient (Wildman–Crippen LogP) is 1.59. The maximum absolute atomic E-state index is 13.2. The van der Waals surface area contributed by atoms with Gasteiger partial charge < -0.3 is 15.1 Å². The zero-order chi connectivity index (χ0) is 18.6. The van der Waals surface area contributed by atoms with Crippen LogP contribution in [0.5, 0.6) is 0 Å². The first-order chi connectivity index (χ1) is 12.5. The molecule has 0 aromatic carbocycles. The van der Waals surface area contributed by atoms with Crippen LogP contribution in [-0.4, -0.2) is 58.8 Å². The van der Waals surface area contributed by atoms with Crippen molar-refractivity contribution in [3.8, 4) is 0 Å². The zero-order valence-corrected chi connectivity index (χ0v) is 16.6. The standard InChI is InChI=1S/C17H23N5O2S2/c1-21(10-13-19-5-7-25-13)15(23)9-17(3-4-18-12-17)16(24)22(2)11-14-20-6-8-26-14/h5-8,18H,3-4,9-12H2,1-2H3. The molecular weight excluding hydrogens is 370 g/mol. The van der Waals surface area contributed by atoms with Crippen molar-refractivity contribution in [2.45, 2.75) is 25.9 Å². The summed E-state index contributed by atoms with van der Waals surface area (Å²) in [5, 5.41) is 8.84. The first kappa shape index (κ1) is 18.9. The van der Waals surface area contributed by atoms with E-state index in [1.807, 2.05) is 10.8 Å². The third-order valence-corrected chi connectivity index (χ3v) is 6.20. The van der Waals surface area contributed by atoms with Crippen molar-refractivity contribution in [2.24, 2.45) is 5.41 Å². The van der Waals surface area contributed by atoms with Crippen molar-refractivity contribution in [1.82, 2.24) is 25.1 Å². The highest BCUT2D eigenvalue weighted by Crippen LogP contribution is 2.33. The summed E-state index contributed by atoms with van der Waals surface area (Å²) in [6, 6.07) is 0. The Morgan fingerprint density at radius 1 is 1.12 bits per heavy atom. The van der Waals surface area contributed by atoms with E-state index in [-0.39, 0.29) is 18.2 Å². The number of nitrogens with zero attached hydrogens (tertiary/aromatic N) is 4. The van der Waals surface area contributed by atoms with Crippen LogP contribution in [0.3, 0.4) is 0 Å². The van der Waals surface area contributed by atoms with Gasteiger partial charge in [-0.25, -0.2) is 9.97 Å². The van der Waals surface area contributed by atoms with Gasteiger partial charge in [0.2, 0.25) is 11.8 Å². The maximum Gasteiger partial charge on any atom is 0.230 e. The molecule has 1 unspecified atom stereocenters. The van der Waals surface area contributed by atoms with Crippen molar-refractivity contribution in [1.29, 1.82) is 0 Å². The van der Waals surface area contributed by atoms with Gasteiger partial charge in [0.15, 0.2) is 0 Å². The normalized spacial score (nSPS) is 19.5. The smallest absolute Gasteiger partial charge is 0.230 e. The summed E-state index contributed by atoms with van der Waals surface area (Å²) in [5.74, 6) is -0.0198. The van der Waals surface area contributed by atoms with Crippen LogP contribution in [0.15, 0.2) is 23.2 Å². The van der Waals surface area contributed by atoms with Gasteiger partial charge in [-0.2, -0.15) is 0 Å². The van der Waals surface area contributed by atoms with Crippen LogP contribution in [0.2, 0.25) is 0 Å². The SMILES string of the molecule is CN(Cc1nccs1)C(=O)CC1(C(=O)N(C)Cc2nccs2)CCNC1. The van der Waals surface area contributed by atoms with Crippen molar-refractivity contribution in [3.63, 3.8) is 0 Å². The molecule has 2 aromatic heterocycles. The Bertz CT molecular complexity index is 726. The predicted molar refractivity (Wildman–Crippen MR) is 102 cm³/mol. The quantitative estimate of drug-likeness (QED) is 0.773. The van der Waals surface area contributed by atoms with Crippen molar-refractivity contribution in [2.75, 3.05) is 27.2 Å². The largest absolute Gasteiger partial charge is 0.339 e. The van der Waals surface area contributed by atoms with Gasteiger partial charge in [-0.3, -0.25) is 9.59 Å². The van der Waals surface area contributed by atoms with Gasteiger partial charge in [0.1, 0.15) is 10.0 Å². The molecule has 0 bridgehead atoms. The van der Waals surface area contributed by atoms with Gasteiger partial charge in [-0.1, -0.05) is 0 Å². The molecule has 1 saturated heterocycles. The van der Waals surface area contributed by atoms with Crippen LogP contribution in [0.1, 0.15) is 22.9 Å². The molecule has 9 heteroatoms. The summed E-state index contributed by atoms with van der Waals surface area (Å²) in [4.78, 5) is 37.7. The molecule has 140 valence electrons. The molecular formula is C17H23N5O2S2. The van der Waals surface area contributed by atoms with Crippen LogP contribution < -0.4 is 5.32 Å². The van der Waals surface area contributed by atoms with E-state index in [9.17, 15) is 9.59 Å². The first-order valence-corrected chi connectivity index (χ1v) is 10.2. The van der Waals surface area contributed by atoms with E-state index in [0.29, 0.717) is 26.1 Å². The fraction of sp³-hybridized carbons (Fsp3) is 0.529. The number of amides is 2. The van der Waals surface area contributed by atoms with E-state index in [0.717, 1.165) is 16.6 Å². The summed E-state index contributed by atoms with van der Waals surface area (Å²) in [6.45, 7) is 2.23. The van der Waals surface area contributed by atoms with E-state index in [4.69, 9.17) is 0 Å². The average Bonchev–Trinajstić information content (AvgIpc) is 3.37. The lowest BCUT2D eigenvalue weighted by Crippen LogP contribution is -2.46. The maximum atomic E-state index is 13.2. The molecule has 2 amide bonds. The van der Waals surface area contributed by atoms with Crippen LogP contribution in [0.25, 0.3) is 0 Å². The van der Waals surface area contributed by atoms with Gasteiger partial charge in [0.05, 0.1) is 18.5 Å². The van der Waals surface area contributed by atoms with Gasteiger partial charge in [-0.15, -0.1) is 22.7 Å². The molecule has 1 aliphatic heterocycles. The van der Waals surface area contributed by atoms with Crippen LogP contribution in [0, 0.1) is 5.41 Å². The second-order valence-electron chi connectivity index (χ2n) is 6.65. The molecule has 1 atom stereocenters. The van der Waals surface area contributed by atoms with Crippen LogP contribution >= 0.6 is 22.7 Å². The van der Waals surface area contributed by atoms with Gasteiger partial charge in [0, 0.05) is 50.2 Å². The lowest BCUT2D eigenvalue weighted by Gasteiger charge is -2.32. The van der Waals surface area contributed by atoms with Crippen LogP contribution in [0.4, 0.5) is 0 Å². The molecule has 7 nitrogen and oxygen atoms in total. The highest BCUT2D eigenvalue weighted by Gasteiger charge is 2.45. The fourth-order valence-electron chi connectivity index (χ4n) is 3.21. The highest BCUT2D eigenvalue weighted by molar-refractivity contribution is 7.09. The summed E-state index contributed by atoms with van der Waals surface area (Å²) in [5.41, 5.74) is -0.680. The number of rotatable bonds is 7. The number of nitrogens with one attached hydrogen (secondary N) is 1. The Hall–Kier alpha value is -1.84. The Morgan fingerprint density at radius 3 is 2.23 bits per heavy atom. The molecule has 0 radical (unpaired) electrons. The minimum Gasteiger partial charge on any atom is -0.339 e. The summed E-state index contributed by atoms with van der Waals surface area (Å²) < 4.78 is 0. The van der Waals surface area contributed by atoms with Gasteiger partial charge >= 0.3 is 0 Å². The molecule has 3 rings (SSSR count). The molecule has 1 fully saturated rings. The summed E-state index contributed by atoms with van der Waals surface area (Å²) in [7, 11) is 3.55. The van der Waals surface area contributed by atoms with Crippen molar-refractivity contribution in [3.05, 3.63) is 33.2 Å². The average molecular weight is 394 g/mol. The lowest BCUT2D eigenvalue weighted by atomic mass is 9.81. The topological polar surface area (TPSA) is 78.4 Å². The van der Waals surface area contributed by atoms with Gasteiger partial charge in [0.25, 0.3) is 0 Å². The Labute approximate surface area is 161 Å². The lowest BCUT2D eigenvalue weighted by molar-refractivity contribution is -0.146. The van der Waals surface area contributed by atoms with Crippen molar-refractivity contribution >= 4 is 34.5 Å². The van der Waals surface area contributed by atoms with E-state index in [1.54, 1.807) is 36.3 Å².